The van der Waals surface area contributed by atoms with E-state index in [9.17, 15) is 14.7 Å². The summed E-state index contributed by atoms with van der Waals surface area (Å²) < 4.78 is 0. The number of pyridine rings is 2. The van der Waals surface area contributed by atoms with E-state index in [0.29, 0.717) is 24.3 Å². The monoisotopic (exact) mass is 380 g/mol. The maximum atomic E-state index is 12.8. The predicted molar refractivity (Wildman–Crippen MR) is 105 cm³/mol. The van der Waals surface area contributed by atoms with Crippen LogP contribution in [0, 0.1) is 0 Å². The minimum atomic E-state index is -0.718. The third-order valence-corrected chi connectivity index (χ3v) is 5.01. The number of amides is 1. The van der Waals surface area contributed by atoms with Crippen molar-refractivity contribution in [3.8, 4) is 0 Å². The van der Waals surface area contributed by atoms with Crippen molar-refractivity contribution in [2.24, 2.45) is 0 Å². The van der Waals surface area contributed by atoms with E-state index in [0.717, 1.165) is 13.1 Å². The standard InChI is InChI=1S/C21H24N4O3/c1-3-24(4-2)13-14-25-18(16-7-5-6-10-23-16)17(20(27)21(25)28)19(26)15-8-11-22-12-9-15/h5-12,18,26H,3-4,13-14H2,1-2H3/b19-17-. The SMILES string of the molecule is CCN(CC)CCN1C(=O)C(=O)/C(=C(\O)c2ccncc2)C1c1ccccn1. The molecule has 28 heavy (non-hydrogen) atoms. The second-order valence-electron chi connectivity index (χ2n) is 6.51. The molecule has 0 saturated carbocycles. The first-order valence-corrected chi connectivity index (χ1v) is 9.40. The number of nitrogens with zero attached hydrogens (tertiary/aromatic N) is 4. The number of aromatic nitrogens is 2. The number of likely N-dealkylation sites (N-methyl/N-ethyl adjacent to an activating group) is 1. The van der Waals surface area contributed by atoms with Gasteiger partial charge in [-0.1, -0.05) is 19.9 Å². The molecule has 1 atom stereocenters. The first kappa shape index (κ1) is 19.7. The number of aliphatic hydroxyl groups is 1. The van der Waals surface area contributed by atoms with Crippen LogP contribution in [0.1, 0.15) is 31.1 Å². The van der Waals surface area contributed by atoms with E-state index < -0.39 is 17.7 Å². The number of Topliss-reactive ketones (excluding diaryl/α,β-unsaturated/α-hetero) is 1. The molecule has 0 aromatic carbocycles. The number of carbonyl (C=O) groups is 2. The zero-order valence-corrected chi connectivity index (χ0v) is 16.1. The second-order valence-corrected chi connectivity index (χ2v) is 6.51. The molecule has 7 nitrogen and oxygen atoms in total. The minimum Gasteiger partial charge on any atom is -0.507 e. The van der Waals surface area contributed by atoms with Gasteiger partial charge in [0, 0.05) is 37.2 Å². The largest absolute Gasteiger partial charge is 0.507 e. The second kappa shape index (κ2) is 8.75. The molecule has 1 unspecified atom stereocenters. The Bertz CT molecular complexity index is 864. The highest BCUT2D eigenvalue weighted by Gasteiger charge is 2.46. The smallest absolute Gasteiger partial charge is 0.295 e. The Hall–Kier alpha value is -3.06. The first-order valence-electron chi connectivity index (χ1n) is 9.40. The molecule has 1 fully saturated rings. The zero-order valence-electron chi connectivity index (χ0n) is 16.1. The van der Waals surface area contributed by atoms with Crippen LogP contribution in [-0.2, 0) is 9.59 Å². The Labute approximate surface area is 164 Å². The van der Waals surface area contributed by atoms with E-state index in [1.165, 1.54) is 17.3 Å². The molecule has 3 rings (SSSR count). The van der Waals surface area contributed by atoms with Crippen LogP contribution >= 0.6 is 0 Å². The molecular formula is C21H24N4O3. The summed E-state index contributed by atoms with van der Waals surface area (Å²) >= 11 is 0. The molecule has 7 heteroatoms. The van der Waals surface area contributed by atoms with E-state index in [2.05, 4.69) is 28.7 Å². The van der Waals surface area contributed by atoms with Gasteiger partial charge < -0.3 is 14.9 Å². The molecule has 1 aliphatic rings. The average molecular weight is 380 g/mol. The quantitative estimate of drug-likeness (QED) is 0.450. The van der Waals surface area contributed by atoms with Gasteiger partial charge in [-0.3, -0.25) is 19.6 Å². The van der Waals surface area contributed by atoms with Gasteiger partial charge in [-0.05, 0) is 37.4 Å². The van der Waals surface area contributed by atoms with E-state index in [4.69, 9.17) is 0 Å². The van der Waals surface area contributed by atoms with E-state index in [1.807, 2.05) is 0 Å². The molecule has 3 heterocycles. The van der Waals surface area contributed by atoms with Gasteiger partial charge in [0.1, 0.15) is 11.8 Å². The van der Waals surface area contributed by atoms with Crippen molar-refractivity contribution in [1.82, 2.24) is 19.8 Å². The predicted octanol–water partition coefficient (Wildman–Crippen LogP) is 2.24. The van der Waals surface area contributed by atoms with E-state index >= 15 is 0 Å². The van der Waals surface area contributed by atoms with Crippen LogP contribution in [-0.4, -0.2) is 62.7 Å². The lowest BCUT2D eigenvalue weighted by Gasteiger charge is -2.27. The number of likely N-dealkylation sites (tertiary alicyclic amines) is 1. The van der Waals surface area contributed by atoms with Crippen molar-refractivity contribution in [2.75, 3.05) is 26.2 Å². The van der Waals surface area contributed by atoms with Gasteiger partial charge in [-0.15, -0.1) is 0 Å². The Morgan fingerprint density at radius 1 is 1.11 bits per heavy atom. The molecule has 0 aliphatic carbocycles. The van der Waals surface area contributed by atoms with Gasteiger partial charge in [0.05, 0.1) is 11.3 Å². The number of hydrogen-bond acceptors (Lipinski definition) is 6. The van der Waals surface area contributed by atoms with Crippen LogP contribution in [0.4, 0.5) is 0 Å². The molecule has 1 aliphatic heterocycles. The molecule has 1 N–H and O–H groups in total. The summed E-state index contributed by atoms with van der Waals surface area (Å²) in [6, 6.07) is 7.83. The Morgan fingerprint density at radius 2 is 1.82 bits per heavy atom. The molecule has 1 amide bonds. The van der Waals surface area contributed by atoms with Crippen LogP contribution in [0.3, 0.4) is 0 Å². The van der Waals surface area contributed by atoms with Crippen LogP contribution in [0.5, 0.6) is 0 Å². The highest BCUT2D eigenvalue weighted by molar-refractivity contribution is 6.46. The van der Waals surface area contributed by atoms with Gasteiger partial charge in [0.2, 0.25) is 0 Å². The van der Waals surface area contributed by atoms with Crippen molar-refractivity contribution < 1.29 is 14.7 Å². The fraction of sp³-hybridized carbons (Fsp3) is 0.333. The zero-order chi connectivity index (χ0) is 20.1. The lowest BCUT2D eigenvalue weighted by molar-refractivity contribution is -0.140. The summed E-state index contributed by atoms with van der Waals surface area (Å²) in [5.41, 5.74) is 1.06. The Kier molecular flexibility index (Phi) is 6.16. The maximum Gasteiger partial charge on any atom is 0.295 e. The molecular weight excluding hydrogens is 356 g/mol. The number of rotatable bonds is 7. The lowest BCUT2D eigenvalue weighted by atomic mass is 9.99. The van der Waals surface area contributed by atoms with Crippen molar-refractivity contribution in [1.29, 1.82) is 0 Å². The van der Waals surface area contributed by atoms with Crippen molar-refractivity contribution in [3.63, 3.8) is 0 Å². The van der Waals surface area contributed by atoms with Crippen LogP contribution < -0.4 is 0 Å². The summed E-state index contributed by atoms with van der Waals surface area (Å²) in [5.74, 6) is -1.51. The summed E-state index contributed by atoms with van der Waals surface area (Å²) in [7, 11) is 0. The van der Waals surface area contributed by atoms with Gasteiger partial charge in [0.25, 0.3) is 11.7 Å². The van der Waals surface area contributed by atoms with E-state index in [-0.39, 0.29) is 11.3 Å². The Morgan fingerprint density at radius 3 is 2.43 bits per heavy atom. The summed E-state index contributed by atoms with van der Waals surface area (Å²) in [6.07, 6.45) is 4.68. The molecule has 1 saturated heterocycles. The maximum absolute atomic E-state index is 12.8. The normalized spacial score (nSPS) is 18.8. The summed E-state index contributed by atoms with van der Waals surface area (Å²) in [4.78, 5) is 37.6. The first-order chi connectivity index (χ1) is 13.6. The van der Waals surface area contributed by atoms with Gasteiger partial charge in [0.15, 0.2) is 0 Å². The fourth-order valence-corrected chi connectivity index (χ4v) is 3.41. The third-order valence-electron chi connectivity index (χ3n) is 5.01. The number of aliphatic hydroxyl groups excluding tert-OH is 1. The molecule has 146 valence electrons. The van der Waals surface area contributed by atoms with Crippen LogP contribution in [0.15, 0.2) is 54.5 Å². The molecule has 0 bridgehead atoms. The van der Waals surface area contributed by atoms with Gasteiger partial charge >= 0.3 is 0 Å². The highest BCUT2D eigenvalue weighted by atomic mass is 16.3. The van der Waals surface area contributed by atoms with Gasteiger partial charge in [-0.2, -0.15) is 0 Å². The van der Waals surface area contributed by atoms with Crippen molar-refractivity contribution >= 4 is 17.4 Å². The fourth-order valence-electron chi connectivity index (χ4n) is 3.41. The molecule has 2 aromatic rings. The van der Waals surface area contributed by atoms with Crippen LogP contribution in [0.25, 0.3) is 5.76 Å². The number of hydrogen-bond donors (Lipinski definition) is 1. The lowest BCUT2D eigenvalue weighted by Crippen LogP contribution is -2.38. The number of ketones is 1. The van der Waals surface area contributed by atoms with Crippen LogP contribution in [0.2, 0.25) is 0 Å². The third kappa shape index (κ3) is 3.80. The van der Waals surface area contributed by atoms with E-state index in [1.54, 1.807) is 36.5 Å². The minimum absolute atomic E-state index is 0.0643. The Balaban J connectivity index is 2.06. The summed E-state index contributed by atoms with van der Waals surface area (Å²) in [5, 5.41) is 10.8. The van der Waals surface area contributed by atoms with Crippen molar-refractivity contribution in [2.45, 2.75) is 19.9 Å². The number of carbonyl (C=O) groups excluding carboxylic acids is 2. The molecule has 0 radical (unpaired) electrons. The topological polar surface area (TPSA) is 86.6 Å². The van der Waals surface area contributed by atoms with Crippen molar-refractivity contribution in [3.05, 3.63) is 65.8 Å². The molecule has 0 spiro atoms. The molecule has 2 aromatic heterocycles. The summed E-state index contributed by atoms with van der Waals surface area (Å²) in [6.45, 7) is 6.82. The highest BCUT2D eigenvalue weighted by Crippen LogP contribution is 2.38. The average Bonchev–Trinajstić information content (AvgIpc) is 3.00. The van der Waals surface area contributed by atoms with Gasteiger partial charge in [-0.25, -0.2) is 0 Å².